The van der Waals surface area contributed by atoms with Crippen LogP contribution in [-0.2, 0) is 48.8 Å². The molecule has 0 aliphatic rings. The summed E-state index contributed by atoms with van der Waals surface area (Å²) in [6.07, 6.45) is 0. The summed E-state index contributed by atoms with van der Waals surface area (Å²) in [5, 5.41) is 24.7. The van der Waals surface area contributed by atoms with Crippen molar-refractivity contribution in [3.63, 3.8) is 0 Å². The molecule has 0 saturated heterocycles. The van der Waals surface area contributed by atoms with Crippen LogP contribution in [0.25, 0.3) is 21.5 Å². The maximum atomic E-state index is 14.6. The lowest BCUT2D eigenvalue weighted by Gasteiger charge is -2.15. The van der Waals surface area contributed by atoms with Gasteiger partial charge in [0.2, 0.25) is 9.84 Å². The third kappa shape index (κ3) is 9.02. The Morgan fingerprint density at radius 1 is 0.544 bits per heavy atom. The number of rotatable bonds is 14. The zero-order valence-electron chi connectivity index (χ0n) is 27.7. The number of hydrogen-bond donors (Lipinski definition) is 4. The molecule has 57 heavy (non-hydrogen) atoms. The number of halogens is 2. The molecule has 0 heterocycles. The highest BCUT2D eigenvalue weighted by Crippen LogP contribution is 2.37. The van der Waals surface area contributed by atoms with Crippen molar-refractivity contribution >= 4 is 110 Å². The summed E-state index contributed by atoms with van der Waals surface area (Å²) < 4.78 is 107. The molecule has 23 heteroatoms. The Hall–Kier alpha value is -4.01. The molecule has 0 bridgehead atoms. The summed E-state index contributed by atoms with van der Waals surface area (Å²) in [6.45, 7) is 0. The summed E-state index contributed by atoms with van der Waals surface area (Å²) in [4.78, 5) is 26.3. The second kappa shape index (κ2) is 16.7. The molecule has 0 fully saturated rings. The molecule has 6 aromatic rings. The lowest BCUT2D eigenvalue weighted by atomic mass is 9.99. The fraction of sp³-hybridized carbons (Fsp3) is 0. The molecule has 16 nitrogen and oxygen atoms in total. The third-order valence-electron chi connectivity index (χ3n) is 8.14. The number of fused-ring (bicyclic) bond motifs is 2. The Bertz CT molecular complexity index is 2980. The van der Waals surface area contributed by atoms with Gasteiger partial charge in [-0.2, -0.15) is 16.8 Å². The topological polar surface area (TPSA) is 254 Å². The zero-order chi connectivity index (χ0) is 41.4. The van der Waals surface area contributed by atoms with E-state index in [0.717, 1.165) is 54.6 Å². The summed E-state index contributed by atoms with van der Waals surface area (Å²) in [5.41, 5.74) is -1.76. The van der Waals surface area contributed by atoms with Crippen molar-refractivity contribution in [2.45, 2.75) is 29.4 Å². The molecule has 0 saturated carbocycles. The van der Waals surface area contributed by atoms with E-state index >= 15 is 0 Å². The van der Waals surface area contributed by atoms with Gasteiger partial charge in [-0.05, 0) is 101 Å². The molecule has 6 aromatic carbocycles. The summed E-state index contributed by atoms with van der Waals surface area (Å²) in [6, 6.07) is 18.2. The first-order valence-electron chi connectivity index (χ1n) is 15.2. The van der Waals surface area contributed by atoms with Crippen molar-refractivity contribution in [2.75, 3.05) is 0 Å². The van der Waals surface area contributed by atoms with Crippen LogP contribution in [0.2, 0.25) is 10.0 Å². The van der Waals surface area contributed by atoms with Gasteiger partial charge in [0.15, 0.2) is 11.6 Å². The van der Waals surface area contributed by atoms with Crippen LogP contribution in [-0.4, -0.2) is 56.4 Å². The van der Waals surface area contributed by atoms with Gasteiger partial charge in [-0.1, -0.05) is 45.4 Å². The van der Waals surface area contributed by atoms with Gasteiger partial charge in [-0.3, -0.25) is 18.7 Å². The molecule has 0 amide bonds. The lowest BCUT2D eigenvalue weighted by Crippen LogP contribution is -2.15. The first-order valence-corrected chi connectivity index (χ1v) is 21.8. The third-order valence-corrected chi connectivity index (χ3v) is 13.4. The van der Waals surface area contributed by atoms with E-state index in [1.54, 1.807) is 0 Å². The first-order chi connectivity index (χ1) is 26.8. The molecule has 0 unspecified atom stereocenters. The van der Waals surface area contributed by atoms with Crippen LogP contribution in [0.1, 0.15) is 31.8 Å². The van der Waals surface area contributed by atoms with Crippen molar-refractivity contribution in [1.82, 2.24) is 0 Å². The van der Waals surface area contributed by atoms with E-state index in [0.29, 0.717) is 24.1 Å². The minimum absolute atomic E-state index is 0.0357. The van der Waals surface area contributed by atoms with E-state index < -0.39 is 77.9 Å². The first kappa shape index (κ1) is 42.6. The molecule has 0 aliphatic heterocycles. The van der Waals surface area contributed by atoms with Crippen LogP contribution in [0.5, 0.6) is 0 Å². The average Bonchev–Trinajstić information content (AvgIpc) is 3.16. The maximum Gasteiger partial charge on any atom is 0.295 e. The van der Waals surface area contributed by atoms with Gasteiger partial charge in [-0.15, -0.1) is 8.67 Å². The van der Waals surface area contributed by atoms with Crippen LogP contribution >= 0.6 is 47.3 Å². The lowest BCUT2D eigenvalue weighted by molar-refractivity contribution is -0.432. The number of carbonyl (C=O) groups excluding carboxylic acids is 2. The van der Waals surface area contributed by atoms with Gasteiger partial charge < -0.3 is 0 Å². The van der Waals surface area contributed by atoms with Gasteiger partial charge in [0.1, 0.15) is 4.90 Å². The van der Waals surface area contributed by atoms with Gasteiger partial charge in [-0.25, -0.2) is 18.9 Å². The maximum absolute atomic E-state index is 14.6. The van der Waals surface area contributed by atoms with Crippen LogP contribution < -0.4 is 0 Å². The van der Waals surface area contributed by atoms with E-state index in [-0.39, 0.29) is 46.9 Å². The number of benzene rings is 6. The molecule has 6 rings (SSSR count). The Morgan fingerprint density at radius 3 is 1.61 bits per heavy atom. The fourth-order valence-corrected chi connectivity index (χ4v) is 9.92. The number of hydrogen-bond acceptors (Lipinski definition) is 16. The van der Waals surface area contributed by atoms with E-state index in [1.807, 2.05) is 0 Å². The predicted octanol–water partition coefficient (Wildman–Crippen LogP) is 7.94. The minimum Gasteiger partial charge on any atom is -0.289 e. The number of carbonyl (C=O) groups is 2. The van der Waals surface area contributed by atoms with Crippen molar-refractivity contribution in [3.05, 3.63) is 129 Å². The van der Waals surface area contributed by atoms with E-state index in [9.17, 15) is 43.9 Å². The highest BCUT2D eigenvalue weighted by atomic mass is 35.5. The molecule has 0 atom stereocenters. The smallest absolute Gasteiger partial charge is 0.289 e. The quantitative estimate of drug-likeness (QED) is 0.0266. The molecule has 4 N–H and O–H groups in total. The molecule has 0 aromatic heterocycles. The van der Waals surface area contributed by atoms with Crippen LogP contribution in [0.4, 0.5) is 0 Å². The van der Waals surface area contributed by atoms with E-state index in [4.69, 9.17) is 33.7 Å². The predicted molar refractivity (Wildman–Crippen MR) is 204 cm³/mol. The van der Waals surface area contributed by atoms with Crippen LogP contribution in [0, 0.1) is 0 Å². The van der Waals surface area contributed by atoms with Crippen molar-refractivity contribution in [2.24, 2.45) is 0 Å². The van der Waals surface area contributed by atoms with Gasteiger partial charge in [0, 0.05) is 47.5 Å². The van der Waals surface area contributed by atoms with Gasteiger partial charge in [0.05, 0.1) is 38.8 Å². The van der Waals surface area contributed by atoms with Gasteiger partial charge >= 0.3 is 0 Å². The average molecular weight is 916 g/mol. The summed E-state index contributed by atoms with van der Waals surface area (Å²) in [7, 11) is -14.6. The second-order valence-corrected chi connectivity index (χ2v) is 18.6. The SMILES string of the molecule is O=C(c1cc(SOOO)c2ccc(S(=O)(=O)O)cc2c1)c1cc(Cl)ccc1S(=O)(=O)c1ccc(Cl)cc1C(=O)c1cc(S(=O)(=O)O)c2ccc(SOOO)cc2c1. The van der Waals surface area contributed by atoms with Crippen molar-refractivity contribution in [3.8, 4) is 0 Å². The molecule has 0 aliphatic carbocycles. The Morgan fingerprint density at radius 2 is 1.07 bits per heavy atom. The van der Waals surface area contributed by atoms with Crippen molar-refractivity contribution < 1.29 is 73.2 Å². The standard InChI is InChI=1S/C34H20Cl2O16S5/c35-21-1-7-30(27(15-21)33(37)19-10-18-12-24(56(43,44)45)4-6-25(18)29(13-19)54-52-50-40)55(41,42)31-8-2-22(36)16-28(31)34(38)20-9-17-11-23(53-51-49-39)3-5-26(17)32(14-20)57(46,47)48/h1-16,39-40H,(H,43,44,45)(H,46,47,48). The Labute approximate surface area is 340 Å². The largest absolute Gasteiger partial charge is 0.295 e. The molecule has 296 valence electrons. The summed E-state index contributed by atoms with van der Waals surface area (Å²) in [5.74, 6) is -2.06. The summed E-state index contributed by atoms with van der Waals surface area (Å²) >= 11 is 13.4. The highest BCUT2D eigenvalue weighted by Gasteiger charge is 2.31. The van der Waals surface area contributed by atoms with Gasteiger partial charge in [0.25, 0.3) is 20.2 Å². The highest BCUT2D eigenvalue weighted by molar-refractivity contribution is 7.95. The van der Waals surface area contributed by atoms with Crippen LogP contribution in [0.3, 0.4) is 0 Å². The monoisotopic (exact) mass is 914 g/mol. The second-order valence-electron chi connectivity index (χ2n) is 11.6. The number of sulfone groups is 1. The van der Waals surface area contributed by atoms with Crippen LogP contribution in [0.15, 0.2) is 126 Å². The Balaban J connectivity index is 1.51. The minimum atomic E-state index is -4.98. The van der Waals surface area contributed by atoms with E-state index in [1.165, 1.54) is 42.5 Å². The Kier molecular flexibility index (Phi) is 12.5. The molecular weight excluding hydrogens is 896 g/mol. The molecular formula is C34H20Cl2O16S5. The van der Waals surface area contributed by atoms with Crippen molar-refractivity contribution in [1.29, 1.82) is 0 Å². The number of ketones is 2. The normalized spacial score (nSPS) is 12.3. The molecule has 0 radical (unpaired) electrons. The fourth-order valence-electron chi connectivity index (χ4n) is 5.75. The molecule has 0 spiro atoms. The zero-order valence-corrected chi connectivity index (χ0v) is 33.3. The van der Waals surface area contributed by atoms with E-state index in [2.05, 4.69) is 18.7 Å².